The second-order valence-electron chi connectivity index (χ2n) is 12.1. The molecule has 2 nitrogen and oxygen atoms in total. The molecule has 3 heteroatoms. The van der Waals surface area contributed by atoms with Crippen molar-refractivity contribution in [2.75, 3.05) is 19.8 Å². The molecule has 0 aromatic carbocycles. The van der Waals surface area contributed by atoms with E-state index < -0.39 is 0 Å². The first-order valence-corrected chi connectivity index (χ1v) is 11.8. The molecule has 1 aliphatic heterocycles. The minimum absolute atomic E-state index is 0. The fourth-order valence-corrected chi connectivity index (χ4v) is 11.1. The van der Waals surface area contributed by atoms with E-state index in [0.717, 1.165) is 35.5 Å². The van der Waals surface area contributed by atoms with Gasteiger partial charge in [0.2, 0.25) is 0 Å². The van der Waals surface area contributed by atoms with Crippen molar-refractivity contribution in [3.63, 3.8) is 0 Å². The van der Waals surface area contributed by atoms with E-state index in [-0.39, 0.29) is 12.4 Å². The van der Waals surface area contributed by atoms with Crippen LogP contribution in [0, 0.1) is 35.5 Å². The van der Waals surface area contributed by atoms with Gasteiger partial charge in [0.25, 0.3) is 0 Å². The molecule has 9 rings (SSSR count). The van der Waals surface area contributed by atoms with Gasteiger partial charge in [0.05, 0.1) is 6.54 Å². The van der Waals surface area contributed by atoms with E-state index in [1.165, 1.54) is 19.8 Å². The molecule has 8 bridgehead atoms. The SMILES string of the molecule is C1C[N+](C23CC4CC(CC(C4)C2)C3)(C23CC4CC(CC(C4)C2)C3)CN1.[Cl-]. The second kappa shape index (κ2) is 5.42. The standard InChI is InChI=1S/C23H37N2.ClH/c1-2-25(15-24-1,22-9-16-3-17(10-22)5-18(4-16)11-22)23-12-19-6-20(13-23)8-21(7-19)14-23;/h16-21,24H,1-15H2;1H/q+1;/p-1. The summed E-state index contributed by atoms with van der Waals surface area (Å²) in [6, 6.07) is 0. The molecule has 0 spiro atoms. The molecule has 0 amide bonds. The van der Waals surface area contributed by atoms with E-state index >= 15 is 0 Å². The van der Waals surface area contributed by atoms with Crippen LogP contribution in [-0.2, 0) is 0 Å². The van der Waals surface area contributed by atoms with E-state index in [1.807, 2.05) is 0 Å². The summed E-state index contributed by atoms with van der Waals surface area (Å²) in [4.78, 5) is 0. The van der Waals surface area contributed by atoms with Crippen LogP contribution < -0.4 is 17.7 Å². The molecule has 8 saturated carbocycles. The molecule has 0 aromatic rings. The maximum absolute atomic E-state index is 3.94. The Morgan fingerprint density at radius 2 is 0.923 bits per heavy atom. The fourth-order valence-electron chi connectivity index (χ4n) is 11.1. The lowest BCUT2D eigenvalue weighted by atomic mass is 9.47. The maximum Gasteiger partial charge on any atom is 0.133 e. The van der Waals surface area contributed by atoms with Crippen LogP contribution in [0.3, 0.4) is 0 Å². The third-order valence-corrected chi connectivity index (χ3v) is 10.9. The zero-order valence-corrected chi connectivity index (χ0v) is 17.2. The van der Waals surface area contributed by atoms with Crippen LogP contribution in [0.4, 0.5) is 0 Å². The van der Waals surface area contributed by atoms with Gasteiger partial charge in [-0.05, 0) is 74.0 Å². The lowest BCUT2D eigenvalue weighted by molar-refractivity contribution is -1.02. The number of rotatable bonds is 2. The summed E-state index contributed by atoms with van der Waals surface area (Å²) in [6.07, 6.45) is 19.3. The summed E-state index contributed by atoms with van der Waals surface area (Å²) >= 11 is 0. The van der Waals surface area contributed by atoms with Gasteiger partial charge in [0.15, 0.2) is 0 Å². The molecule has 9 fully saturated rings. The van der Waals surface area contributed by atoms with Crippen LogP contribution in [0.15, 0.2) is 0 Å². The first-order valence-electron chi connectivity index (χ1n) is 11.8. The van der Waals surface area contributed by atoms with Gasteiger partial charge in [-0.15, -0.1) is 0 Å². The predicted molar refractivity (Wildman–Crippen MR) is 99.8 cm³/mol. The van der Waals surface area contributed by atoms with Crippen molar-refractivity contribution < 1.29 is 16.9 Å². The molecule has 0 unspecified atom stereocenters. The van der Waals surface area contributed by atoms with Crippen LogP contribution in [0.5, 0.6) is 0 Å². The number of nitrogens with one attached hydrogen (secondary N) is 1. The van der Waals surface area contributed by atoms with Gasteiger partial charge in [-0.3, -0.25) is 5.32 Å². The van der Waals surface area contributed by atoms with Gasteiger partial charge in [-0.2, -0.15) is 0 Å². The van der Waals surface area contributed by atoms with Crippen LogP contribution in [0.2, 0.25) is 0 Å². The summed E-state index contributed by atoms with van der Waals surface area (Å²) < 4.78 is 1.58. The van der Waals surface area contributed by atoms with Crippen LogP contribution in [0.1, 0.15) is 77.0 Å². The molecule has 26 heavy (non-hydrogen) atoms. The normalized spacial score (nSPS) is 61.8. The summed E-state index contributed by atoms with van der Waals surface area (Å²) in [7, 11) is 0. The van der Waals surface area contributed by atoms with Gasteiger partial charge >= 0.3 is 0 Å². The molecule has 146 valence electrons. The highest BCUT2D eigenvalue weighted by molar-refractivity contribution is 5.10. The zero-order chi connectivity index (χ0) is 16.3. The van der Waals surface area contributed by atoms with Crippen molar-refractivity contribution in [3.8, 4) is 0 Å². The summed E-state index contributed by atoms with van der Waals surface area (Å²) in [5.74, 6) is 6.64. The summed E-state index contributed by atoms with van der Waals surface area (Å²) in [5, 5.41) is 3.94. The fraction of sp³-hybridized carbons (Fsp3) is 1.00. The number of halogens is 1. The molecule has 1 saturated heterocycles. The van der Waals surface area contributed by atoms with E-state index in [1.54, 1.807) is 81.5 Å². The lowest BCUT2D eigenvalue weighted by Crippen LogP contribution is -3.00. The molecule has 1 heterocycles. The van der Waals surface area contributed by atoms with Gasteiger partial charge < -0.3 is 16.9 Å². The van der Waals surface area contributed by atoms with Gasteiger partial charge in [-0.1, -0.05) is 0 Å². The lowest BCUT2D eigenvalue weighted by Gasteiger charge is -2.72. The Balaban J connectivity index is 0.00000137. The largest absolute Gasteiger partial charge is 1.00 e. The van der Waals surface area contributed by atoms with Crippen molar-refractivity contribution in [2.45, 2.75) is 88.1 Å². The topological polar surface area (TPSA) is 12.0 Å². The average molecular weight is 377 g/mol. The number of nitrogens with zero attached hydrogens (tertiary/aromatic N) is 1. The molecule has 0 atom stereocenters. The Bertz CT molecular complexity index is 476. The Kier molecular flexibility index (Phi) is 3.57. The monoisotopic (exact) mass is 376 g/mol. The first kappa shape index (κ1) is 17.1. The Labute approximate surface area is 165 Å². The van der Waals surface area contributed by atoms with Gasteiger partial charge in [0, 0.05) is 45.1 Å². The number of quaternary nitrogens is 1. The Hall–Kier alpha value is 0.210. The van der Waals surface area contributed by atoms with Gasteiger partial charge in [0.1, 0.15) is 17.7 Å². The summed E-state index contributed by atoms with van der Waals surface area (Å²) in [5.41, 5.74) is 1.40. The third-order valence-electron chi connectivity index (χ3n) is 10.9. The third kappa shape index (κ3) is 1.98. The average Bonchev–Trinajstić information content (AvgIpc) is 3.04. The molecular formula is C23H37ClN2. The van der Waals surface area contributed by atoms with Crippen LogP contribution >= 0.6 is 0 Å². The van der Waals surface area contributed by atoms with Crippen molar-refractivity contribution >= 4 is 0 Å². The maximum atomic E-state index is 3.94. The minimum atomic E-state index is 0. The first-order chi connectivity index (χ1) is 12.2. The van der Waals surface area contributed by atoms with Crippen molar-refractivity contribution in [1.29, 1.82) is 0 Å². The van der Waals surface area contributed by atoms with E-state index in [2.05, 4.69) is 5.32 Å². The van der Waals surface area contributed by atoms with E-state index in [9.17, 15) is 0 Å². The Morgan fingerprint density at radius 1 is 0.577 bits per heavy atom. The predicted octanol–water partition coefficient (Wildman–Crippen LogP) is 1.31. The smallest absolute Gasteiger partial charge is 0.133 e. The van der Waals surface area contributed by atoms with Crippen LogP contribution in [-0.4, -0.2) is 35.3 Å². The minimum Gasteiger partial charge on any atom is -1.00 e. The highest BCUT2D eigenvalue weighted by Crippen LogP contribution is 2.67. The molecular weight excluding hydrogens is 340 g/mol. The highest BCUT2D eigenvalue weighted by atomic mass is 35.5. The van der Waals surface area contributed by atoms with Crippen molar-refractivity contribution in [2.24, 2.45) is 35.5 Å². The van der Waals surface area contributed by atoms with Crippen molar-refractivity contribution in [3.05, 3.63) is 0 Å². The molecule has 8 aliphatic carbocycles. The second-order valence-corrected chi connectivity index (χ2v) is 12.1. The summed E-state index contributed by atoms with van der Waals surface area (Å²) in [6.45, 7) is 4.14. The quantitative estimate of drug-likeness (QED) is 0.716. The molecule has 0 aromatic heterocycles. The van der Waals surface area contributed by atoms with Crippen LogP contribution in [0.25, 0.3) is 0 Å². The zero-order valence-electron chi connectivity index (χ0n) is 16.4. The highest BCUT2D eigenvalue weighted by Gasteiger charge is 2.71. The van der Waals surface area contributed by atoms with Gasteiger partial charge in [-0.25, -0.2) is 0 Å². The Morgan fingerprint density at radius 3 is 1.19 bits per heavy atom. The van der Waals surface area contributed by atoms with E-state index in [0.29, 0.717) is 11.1 Å². The number of hydrogen-bond acceptors (Lipinski definition) is 1. The number of hydrogen-bond donors (Lipinski definition) is 1. The molecule has 9 aliphatic rings. The molecule has 1 N–H and O–H groups in total. The van der Waals surface area contributed by atoms with Crippen molar-refractivity contribution in [1.82, 2.24) is 5.32 Å². The molecule has 0 radical (unpaired) electrons. The van der Waals surface area contributed by atoms with E-state index in [4.69, 9.17) is 0 Å².